The lowest BCUT2D eigenvalue weighted by Gasteiger charge is -2.05. The van der Waals surface area contributed by atoms with Gasteiger partial charge in [-0.2, -0.15) is 0 Å². The predicted molar refractivity (Wildman–Crippen MR) is 105 cm³/mol. The minimum atomic E-state index is -0.506. The molecule has 0 atom stereocenters. The predicted octanol–water partition coefficient (Wildman–Crippen LogP) is 3.86. The highest BCUT2D eigenvalue weighted by atomic mass is 32.2. The Labute approximate surface area is 163 Å². The second-order valence-corrected chi connectivity index (χ2v) is 7.75. The maximum absolute atomic E-state index is 12.0. The molecule has 0 aliphatic carbocycles. The second-order valence-electron chi connectivity index (χ2n) is 5.55. The minimum Gasteiger partial charge on any atom is -0.325 e. The fourth-order valence-corrected chi connectivity index (χ4v) is 3.82. The van der Waals surface area contributed by atoms with Crippen LogP contribution in [-0.2, 0) is 4.79 Å². The van der Waals surface area contributed by atoms with Gasteiger partial charge >= 0.3 is 0 Å². The van der Waals surface area contributed by atoms with Crippen molar-refractivity contribution in [3.05, 3.63) is 57.2 Å². The summed E-state index contributed by atoms with van der Waals surface area (Å²) < 4.78 is 0. The van der Waals surface area contributed by atoms with Crippen molar-refractivity contribution in [3.8, 4) is 10.6 Å². The van der Waals surface area contributed by atoms with Crippen molar-refractivity contribution in [1.29, 1.82) is 0 Å². The molecule has 0 radical (unpaired) electrons. The molecule has 27 heavy (non-hydrogen) atoms. The number of thiazole rings is 1. The van der Waals surface area contributed by atoms with Gasteiger partial charge in [-0.25, -0.2) is 4.98 Å². The molecule has 138 valence electrons. The van der Waals surface area contributed by atoms with Gasteiger partial charge in [-0.3, -0.25) is 14.9 Å². The first-order valence-electron chi connectivity index (χ1n) is 7.87. The number of carbonyl (C=O) groups excluding carboxylic acids is 1. The molecule has 10 heteroatoms. The van der Waals surface area contributed by atoms with Gasteiger partial charge in [0.25, 0.3) is 5.69 Å². The van der Waals surface area contributed by atoms with E-state index in [1.54, 1.807) is 17.4 Å². The summed E-state index contributed by atoms with van der Waals surface area (Å²) in [5.74, 6) is -0.157. The Balaban J connectivity index is 1.58. The van der Waals surface area contributed by atoms with Crippen molar-refractivity contribution in [1.82, 2.24) is 15.2 Å². The van der Waals surface area contributed by atoms with Crippen molar-refractivity contribution < 1.29 is 9.72 Å². The molecule has 0 fully saturated rings. The third-order valence-electron chi connectivity index (χ3n) is 3.47. The number of hydrogen-bond acceptors (Lipinski definition) is 8. The molecule has 1 N–H and O–H groups in total. The lowest BCUT2D eigenvalue weighted by Crippen LogP contribution is -2.14. The number of nitro groups is 1. The lowest BCUT2D eigenvalue weighted by atomic mass is 10.3. The highest BCUT2D eigenvalue weighted by molar-refractivity contribution is 7.99. The summed E-state index contributed by atoms with van der Waals surface area (Å²) in [6.07, 6.45) is 0. The Bertz CT molecular complexity index is 988. The van der Waals surface area contributed by atoms with Crippen LogP contribution in [0.5, 0.6) is 0 Å². The number of thioether (sulfide) groups is 1. The molecule has 0 bridgehead atoms. The fraction of sp³-hybridized carbons (Fsp3) is 0.176. The zero-order valence-corrected chi connectivity index (χ0v) is 16.1. The summed E-state index contributed by atoms with van der Waals surface area (Å²) in [4.78, 5) is 27.7. The summed E-state index contributed by atoms with van der Waals surface area (Å²) in [6.45, 7) is 3.88. The lowest BCUT2D eigenvalue weighted by molar-refractivity contribution is -0.384. The third kappa shape index (κ3) is 4.86. The van der Waals surface area contributed by atoms with Crippen molar-refractivity contribution in [2.24, 2.45) is 0 Å². The van der Waals surface area contributed by atoms with Crippen LogP contribution in [0.1, 0.15) is 10.7 Å². The monoisotopic (exact) mass is 401 g/mol. The summed E-state index contributed by atoms with van der Waals surface area (Å²) in [5.41, 5.74) is 1.98. The van der Waals surface area contributed by atoms with Gasteiger partial charge in [-0.05, 0) is 32.0 Å². The number of rotatable bonds is 6. The Morgan fingerprint density at radius 3 is 2.70 bits per heavy atom. The van der Waals surface area contributed by atoms with Crippen LogP contribution in [-0.4, -0.2) is 31.8 Å². The van der Waals surface area contributed by atoms with Crippen LogP contribution in [0.15, 0.2) is 41.4 Å². The van der Waals surface area contributed by atoms with Gasteiger partial charge in [-0.1, -0.05) is 17.8 Å². The number of nitro benzene ring substituents is 1. The van der Waals surface area contributed by atoms with E-state index >= 15 is 0 Å². The number of non-ortho nitro benzene ring substituents is 1. The normalized spacial score (nSPS) is 10.6. The summed E-state index contributed by atoms with van der Waals surface area (Å²) in [7, 11) is 0. The van der Waals surface area contributed by atoms with E-state index in [-0.39, 0.29) is 17.3 Å². The van der Waals surface area contributed by atoms with Crippen molar-refractivity contribution in [2.45, 2.75) is 18.9 Å². The van der Waals surface area contributed by atoms with Crippen LogP contribution in [0.2, 0.25) is 0 Å². The molecule has 3 rings (SSSR count). The minimum absolute atomic E-state index is 0.0736. The molecule has 8 nitrogen and oxygen atoms in total. The molecule has 0 saturated carbocycles. The van der Waals surface area contributed by atoms with Gasteiger partial charge in [0.1, 0.15) is 10.7 Å². The molecule has 0 aliphatic heterocycles. The first-order valence-corrected chi connectivity index (χ1v) is 9.68. The molecule has 3 aromatic rings. The molecule has 1 amide bonds. The zero-order valence-electron chi connectivity index (χ0n) is 14.5. The van der Waals surface area contributed by atoms with Crippen LogP contribution >= 0.6 is 23.1 Å². The maximum Gasteiger partial charge on any atom is 0.271 e. The molecule has 1 aromatic carbocycles. The summed E-state index contributed by atoms with van der Waals surface area (Å²) >= 11 is 2.80. The number of hydrogen-bond donors (Lipinski definition) is 1. The average Bonchev–Trinajstić information content (AvgIpc) is 2.99. The molecular formula is C17H15N5O3S2. The average molecular weight is 401 g/mol. The number of aromatic nitrogens is 3. The van der Waals surface area contributed by atoms with Gasteiger partial charge in [0.2, 0.25) is 5.91 Å². The maximum atomic E-state index is 12.0. The SMILES string of the molecule is Cc1nc(C)c(-c2ccc(SCC(=O)Nc3cccc([N+](=O)[O-])c3)nn2)s1. The Morgan fingerprint density at radius 2 is 2.07 bits per heavy atom. The van der Waals surface area contributed by atoms with E-state index in [1.807, 2.05) is 26.0 Å². The molecule has 0 spiro atoms. The number of anilines is 1. The molecule has 0 unspecified atom stereocenters. The molecule has 2 aromatic heterocycles. The number of nitrogens with one attached hydrogen (secondary N) is 1. The number of benzene rings is 1. The first-order chi connectivity index (χ1) is 12.9. The van der Waals surface area contributed by atoms with E-state index in [2.05, 4.69) is 20.5 Å². The van der Waals surface area contributed by atoms with E-state index in [0.29, 0.717) is 10.7 Å². The Hall–Kier alpha value is -2.85. The van der Waals surface area contributed by atoms with E-state index < -0.39 is 4.92 Å². The van der Waals surface area contributed by atoms with Crippen LogP contribution in [0.4, 0.5) is 11.4 Å². The van der Waals surface area contributed by atoms with E-state index in [0.717, 1.165) is 21.3 Å². The number of nitrogens with zero attached hydrogens (tertiary/aromatic N) is 4. The highest BCUT2D eigenvalue weighted by Gasteiger charge is 2.11. The quantitative estimate of drug-likeness (QED) is 0.379. The van der Waals surface area contributed by atoms with Crippen molar-refractivity contribution >= 4 is 40.4 Å². The van der Waals surface area contributed by atoms with Gasteiger partial charge in [0.05, 0.1) is 26.3 Å². The van der Waals surface area contributed by atoms with E-state index in [1.165, 1.54) is 30.0 Å². The topological polar surface area (TPSA) is 111 Å². The fourth-order valence-electron chi connectivity index (χ4n) is 2.32. The van der Waals surface area contributed by atoms with Crippen LogP contribution < -0.4 is 5.32 Å². The van der Waals surface area contributed by atoms with Crippen LogP contribution in [0, 0.1) is 24.0 Å². The van der Waals surface area contributed by atoms with Gasteiger partial charge < -0.3 is 5.32 Å². The van der Waals surface area contributed by atoms with Crippen LogP contribution in [0.25, 0.3) is 10.6 Å². The second kappa shape index (κ2) is 8.23. The molecule has 2 heterocycles. The third-order valence-corrected chi connectivity index (χ3v) is 5.48. The standard InChI is InChI=1S/C17H15N5O3S2/c1-10-17(27-11(2)18-10)14-6-7-16(21-20-14)26-9-15(23)19-12-4-3-5-13(8-12)22(24)25/h3-8H,9H2,1-2H3,(H,19,23). The molecule has 0 aliphatic rings. The van der Waals surface area contributed by atoms with Gasteiger partial charge in [-0.15, -0.1) is 21.5 Å². The van der Waals surface area contributed by atoms with Crippen molar-refractivity contribution in [3.63, 3.8) is 0 Å². The molecular weight excluding hydrogens is 386 g/mol. The first kappa shape index (κ1) is 18.9. The smallest absolute Gasteiger partial charge is 0.271 e. The summed E-state index contributed by atoms with van der Waals surface area (Å²) in [6, 6.07) is 9.47. The Kier molecular flexibility index (Phi) is 5.77. The van der Waals surface area contributed by atoms with Crippen molar-refractivity contribution in [2.75, 3.05) is 11.1 Å². The summed E-state index contributed by atoms with van der Waals surface area (Å²) in [5, 5.41) is 23.4. The largest absolute Gasteiger partial charge is 0.325 e. The van der Waals surface area contributed by atoms with E-state index in [9.17, 15) is 14.9 Å². The van der Waals surface area contributed by atoms with Gasteiger partial charge in [0, 0.05) is 17.8 Å². The Morgan fingerprint density at radius 1 is 1.26 bits per heavy atom. The zero-order chi connectivity index (χ0) is 19.4. The van der Waals surface area contributed by atoms with Gasteiger partial charge in [0.15, 0.2) is 0 Å². The van der Waals surface area contributed by atoms with Crippen LogP contribution in [0.3, 0.4) is 0 Å². The highest BCUT2D eigenvalue weighted by Crippen LogP contribution is 2.28. The van der Waals surface area contributed by atoms with E-state index in [4.69, 9.17) is 0 Å². The number of amides is 1. The molecule has 0 saturated heterocycles. The number of aryl methyl sites for hydroxylation is 2. The number of carbonyl (C=O) groups is 1.